The van der Waals surface area contributed by atoms with E-state index in [-0.39, 0.29) is 0 Å². The standard InChI is InChI=1S/C16H23N3S/c1-12(2)8-9-14(19-17)10-16-18-15(11-20-16)13-6-4-3-5-7-13/h3-7,11-12,14,19H,8-10,17H2,1-2H3. The van der Waals surface area contributed by atoms with Crippen molar-refractivity contribution in [3.8, 4) is 11.3 Å². The van der Waals surface area contributed by atoms with E-state index in [1.54, 1.807) is 11.3 Å². The number of nitrogens with two attached hydrogens (primary N) is 1. The minimum atomic E-state index is 0.312. The summed E-state index contributed by atoms with van der Waals surface area (Å²) < 4.78 is 0. The van der Waals surface area contributed by atoms with Crippen molar-refractivity contribution in [1.29, 1.82) is 0 Å². The molecule has 0 saturated carbocycles. The molecule has 2 aromatic rings. The van der Waals surface area contributed by atoms with Gasteiger partial charge in [0.25, 0.3) is 0 Å². The summed E-state index contributed by atoms with van der Waals surface area (Å²) in [6.07, 6.45) is 3.18. The Morgan fingerprint density at radius 1 is 1.20 bits per heavy atom. The first-order valence-corrected chi connectivity index (χ1v) is 8.03. The van der Waals surface area contributed by atoms with Crippen molar-refractivity contribution in [2.24, 2.45) is 11.8 Å². The number of nitrogens with one attached hydrogen (secondary N) is 1. The van der Waals surface area contributed by atoms with Crippen LogP contribution in [0, 0.1) is 5.92 Å². The normalized spacial score (nSPS) is 12.8. The number of aromatic nitrogens is 1. The molecular weight excluding hydrogens is 266 g/mol. The van der Waals surface area contributed by atoms with Gasteiger partial charge in [0.15, 0.2) is 0 Å². The van der Waals surface area contributed by atoms with Crippen molar-refractivity contribution >= 4 is 11.3 Å². The molecule has 0 bridgehead atoms. The van der Waals surface area contributed by atoms with Crippen LogP contribution >= 0.6 is 11.3 Å². The Labute approximate surface area is 125 Å². The molecule has 3 N–H and O–H groups in total. The lowest BCUT2D eigenvalue weighted by molar-refractivity contribution is 0.434. The van der Waals surface area contributed by atoms with Crippen LogP contribution in [-0.2, 0) is 6.42 Å². The van der Waals surface area contributed by atoms with Gasteiger partial charge >= 0.3 is 0 Å². The number of hydrogen-bond donors (Lipinski definition) is 2. The molecule has 0 saturated heterocycles. The van der Waals surface area contributed by atoms with Gasteiger partial charge in [-0.3, -0.25) is 11.3 Å². The van der Waals surface area contributed by atoms with Gasteiger partial charge in [-0.2, -0.15) is 0 Å². The Balaban J connectivity index is 1.98. The first-order chi connectivity index (χ1) is 9.69. The molecule has 2 rings (SSSR count). The number of rotatable bonds is 7. The molecule has 108 valence electrons. The molecule has 0 aliphatic heterocycles. The van der Waals surface area contributed by atoms with Gasteiger partial charge in [0.1, 0.15) is 0 Å². The Morgan fingerprint density at radius 2 is 1.95 bits per heavy atom. The zero-order chi connectivity index (χ0) is 14.4. The molecule has 4 heteroatoms. The molecule has 20 heavy (non-hydrogen) atoms. The van der Waals surface area contributed by atoms with Gasteiger partial charge in [0, 0.05) is 23.4 Å². The predicted molar refractivity (Wildman–Crippen MR) is 86.4 cm³/mol. The number of benzene rings is 1. The van der Waals surface area contributed by atoms with Gasteiger partial charge in [-0.05, 0) is 18.8 Å². The molecule has 1 heterocycles. The van der Waals surface area contributed by atoms with Crippen LogP contribution in [0.15, 0.2) is 35.7 Å². The Morgan fingerprint density at radius 3 is 2.60 bits per heavy atom. The van der Waals surface area contributed by atoms with Crippen LogP contribution < -0.4 is 11.3 Å². The summed E-state index contributed by atoms with van der Waals surface area (Å²) in [6.45, 7) is 4.48. The molecule has 0 spiro atoms. The number of hydrazine groups is 1. The third-order valence-electron chi connectivity index (χ3n) is 3.37. The van der Waals surface area contributed by atoms with Crippen LogP contribution in [0.3, 0.4) is 0 Å². The molecule has 1 unspecified atom stereocenters. The lowest BCUT2D eigenvalue weighted by Gasteiger charge is -2.15. The zero-order valence-electron chi connectivity index (χ0n) is 12.2. The Kier molecular flexibility index (Phi) is 5.71. The second-order valence-corrected chi connectivity index (χ2v) is 6.47. The summed E-state index contributed by atoms with van der Waals surface area (Å²) in [5.41, 5.74) is 5.16. The van der Waals surface area contributed by atoms with Gasteiger partial charge in [-0.25, -0.2) is 4.98 Å². The topological polar surface area (TPSA) is 50.9 Å². The second-order valence-electron chi connectivity index (χ2n) is 5.53. The molecule has 1 aromatic carbocycles. The highest BCUT2D eigenvalue weighted by atomic mass is 32.1. The van der Waals surface area contributed by atoms with E-state index >= 15 is 0 Å². The van der Waals surface area contributed by atoms with E-state index in [1.165, 1.54) is 12.0 Å². The molecule has 0 aliphatic rings. The van der Waals surface area contributed by atoms with E-state index in [0.717, 1.165) is 23.5 Å². The van der Waals surface area contributed by atoms with Crippen molar-refractivity contribution < 1.29 is 0 Å². The quantitative estimate of drug-likeness (QED) is 0.604. The SMILES string of the molecule is CC(C)CCC(Cc1nc(-c2ccccc2)cs1)NN. The van der Waals surface area contributed by atoms with E-state index in [4.69, 9.17) is 10.8 Å². The maximum absolute atomic E-state index is 5.65. The number of thiazole rings is 1. The third kappa shape index (κ3) is 4.40. The maximum atomic E-state index is 5.65. The number of nitrogens with zero attached hydrogens (tertiary/aromatic N) is 1. The first-order valence-electron chi connectivity index (χ1n) is 7.15. The van der Waals surface area contributed by atoms with Crippen LogP contribution in [0.4, 0.5) is 0 Å². The Hall–Kier alpha value is -1.23. The van der Waals surface area contributed by atoms with Crippen molar-refractivity contribution in [3.63, 3.8) is 0 Å². The lowest BCUT2D eigenvalue weighted by atomic mass is 10.0. The highest BCUT2D eigenvalue weighted by Gasteiger charge is 2.12. The van der Waals surface area contributed by atoms with E-state index in [9.17, 15) is 0 Å². The summed E-state index contributed by atoms with van der Waals surface area (Å²) in [5, 5.41) is 3.27. The van der Waals surface area contributed by atoms with Crippen LogP contribution in [0.2, 0.25) is 0 Å². The molecule has 3 nitrogen and oxygen atoms in total. The van der Waals surface area contributed by atoms with Gasteiger partial charge < -0.3 is 0 Å². The smallest absolute Gasteiger partial charge is 0.0948 e. The molecule has 1 atom stereocenters. The molecular formula is C16H23N3S. The average Bonchev–Trinajstić information content (AvgIpc) is 2.92. The highest BCUT2D eigenvalue weighted by Crippen LogP contribution is 2.23. The van der Waals surface area contributed by atoms with Crippen molar-refractivity contribution in [2.45, 2.75) is 39.2 Å². The van der Waals surface area contributed by atoms with Crippen LogP contribution in [-0.4, -0.2) is 11.0 Å². The maximum Gasteiger partial charge on any atom is 0.0948 e. The van der Waals surface area contributed by atoms with Crippen molar-refractivity contribution in [2.75, 3.05) is 0 Å². The molecule has 1 aromatic heterocycles. The monoisotopic (exact) mass is 289 g/mol. The van der Waals surface area contributed by atoms with E-state index < -0.39 is 0 Å². The molecule has 0 amide bonds. The largest absolute Gasteiger partial charge is 0.271 e. The highest BCUT2D eigenvalue weighted by molar-refractivity contribution is 7.09. The summed E-state index contributed by atoms with van der Waals surface area (Å²) >= 11 is 1.72. The Bertz CT molecular complexity index is 507. The minimum absolute atomic E-state index is 0.312. The second kappa shape index (κ2) is 7.53. The summed E-state index contributed by atoms with van der Waals surface area (Å²) in [7, 11) is 0. The summed E-state index contributed by atoms with van der Waals surface area (Å²) in [5.74, 6) is 6.36. The van der Waals surface area contributed by atoms with E-state index in [1.807, 2.05) is 18.2 Å². The van der Waals surface area contributed by atoms with Crippen LogP contribution in [0.5, 0.6) is 0 Å². The fourth-order valence-corrected chi connectivity index (χ4v) is 3.02. The van der Waals surface area contributed by atoms with Crippen LogP contribution in [0.25, 0.3) is 11.3 Å². The van der Waals surface area contributed by atoms with Crippen molar-refractivity contribution in [3.05, 3.63) is 40.7 Å². The molecule has 0 fully saturated rings. The third-order valence-corrected chi connectivity index (χ3v) is 4.24. The lowest BCUT2D eigenvalue weighted by Crippen LogP contribution is -2.36. The average molecular weight is 289 g/mol. The zero-order valence-corrected chi connectivity index (χ0v) is 13.0. The first kappa shape index (κ1) is 15.2. The fraction of sp³-hybridized carbons (Fsp3) is 0.438. The minimum Gasteiger partial charge on any atom is -0.271 e. The summed E-state index contributed by atoms with van der Waals surface area (Å²) in [6, 6.07) is 10.6. The van der Waals surface area contributed by atoms with Gasteiger partial charge in [0.2, 0.25) is 0 Å². The van der Waals surface area contributed by atoms with E-state index in [2.05, 4.69) is 36.8 Å². The van der Waals surface area contributed by atoms with Crippen molar-refractivity contribution in [1.82, 2.24) is 10.4 Å². The van der Waals surface area contributed by atoms with Gasteiger partial charge in [-0.1, -0.05) is 44.2 Å². The van der Waals surface area contributed by atoms with Gasteiger partial charge in [-0.15, -0.1) is 11.3 Å². The van der Waals surface area contributed by atoms with Gasteiger partial charge in [0.05, 0.1) is 10.7 Å². The fourth-order valence-electron chi connectivity index (χ4n) is 2.14. The molecule has 0 aliphatic carbocycles. The molecule has 0 radical (unpaired) electrons. The van der Waals surface area contributed by atoms with Crippen LogP contribution in [0.1, 0.15) is 31.7 Å². The predicted octanol–water partition coefficient (Wildman–Crippen LogP) is 3.62. The van der Waals surface area contributed by atoms with E-state index in [0.29, 0.717) is 12.0 Å². The summed E-state index contributed by atoms with van der Waals surface area (Å²) in [4.78, 5) is 4.72. The number of hydrogen-bond acceptors (Lipinski definition) is 4.